The lowest BCUT2D eigenvalue weighted by atomic mass is 9.56. The van der Waals surface area contributed by atoms with E-state index >= 15 is 0 Å². The van der Waals surface area contributed by atoms with Crippen LogP contribution in [0.2, 0.25) is 10.0 Å². The van der Waals surface area contributed by atoms with Crippen molar-refractivity contribution in [1.29, 1.82) is 0 Å². The molecule has 0 bridgehead atoms. The predicted molar refractivity (Wildman–Crippen MR) is 152 cm³/mol. The van der Waals surface area contributed by atoms with Crippen molar-refractivity contribution in [1.82, 2.24) is 5.32 Å². The number of esters is 2. The lowest BCUT2D eigenvalue weighted by Crippen LogP contribution is -2.63. The minimum atomic E-state index is -1.61. The molecule has 1 amide bonds. The normalized spacial score (nSPS) is 21.0. The molecule has 0 saturated heterocycles. The standard InChI is InChI=1S/C30H27Cl2NO9/c1-14(33-26(34)22-23(27(35)36)25(30(40)41-2)24(22)28(37)38)21(12-15-7-10-19(31)20(32)11-15)42-29(39)18-9-8-16-5-3-4-6-17(16)13-18/h3-11,13-14,21-25H,12H2,1-2H3,(H,33,34)(H,35,36)(H,37,38)/t14?,21?,22?,23-,24?,25?/m1/s1. The Morgan fingerprint density at radius 3 is 2.07 bits per heavy atom. The Hall–Kier alpha value is -4.15. The molecule has 4 rings (SSSR count). The average Bonchev–Trinajstić information content (AvgIpc) is 2.93. The first-order chi connectivity index (χ1) is 19.9. The van der Waals surface area contributed by atoms with Gasteiger partial charge in [-0.3, -0.25) is 19.2 Å². The van der Waals surface area contributed by atoms with E-state index in [1.165, 1.54) is 6.92 Å². The number of rotatable bonds is 10. The van der Waals surface area contributed by atoms with Crippen LogP contribution >= 0.6 is 23.2 Å². The van der Waals surface area contributed by atoms with Gasteiger partial charge in [-0.05, 0) is 47.5 Å². The monoisotopic (exact) mass is 615 g/mol. The number of nitrogens with one attached hydrogen (secondary N) is 1. The number of aliphatic carboxylic acids is 2. The smallest absolute Gasteiger partial charge is 0.338 e. The van der Waals surface area contributed by atoms with Crippen LogP contribution in [0.25, 0.3) is 10.8 Å². The van der Waals surface area contributed by atoms with E-state index in [1.807, 2.05) is 24.3 Å². The van der Waals surface area contributed by atoms with Crippen molar-refractivity contribution >= 4 is 63.8 Å². The van der Waals surface area contributed by atoms with Crippen LogP contribution in [0.5, 0.6) is 0 Å². The lowest BCUT2D eigenvalue weighted by Gasteiger charge is -2.45. The Kier molecular flexibility index (Phi) is 9.38. The highest BCUT2D eigenvalue weighted by molar-refractivity contribution is 6.42. The van der Waals surface area contributed by atoms with Crippen LogP contribution < -0.4 is 5.32 Å². The first-order valence-corrected chi connectivity index (χ1v) is 13.7. The summed E-state index contributed by atoms with van der Waals surface area (Å²) in [5, 5.41) is 24.3. The van der Waals surface area contributed by atoms with Gasteiger partial charge in [0.25, 0.3) is 0 Å². The van der Waals surface area contributed by atoms with Gasteiger partial charge in [-0.2, -0.15) is 0 Å². The molecule has 5 unspecified atom stereocenters. The van der Waals surface area contributed by atoms with Crippen molar-refractivity contribution in [3.05, 3.63) is 81.8 Å². The molecular formula is C30H27Cl2NO9. The molecule has 220 valence electrons. The van der Waals surface area contributed by atoms with Crippen LogP contribution in [0.1, 0.15) is 22.8 Å². The van der Waals surface area contributed by atoms with Crippen LogP contribution in [0.3, 0.4) is 0 Å². The van der Waals surface area contributed by atoms with E-state index in [-0.39, 0.29) is 17.0 Å². The first kappa shape index (κ1) is 30.8. The van der Waals surface area contributed by atoms with Crippen LogP contribution in [0.4, 0.5) is 0 Å². The number of ether oxygens (including phenoxy) is 2. The SMILES string of the molecule is COC(=O)C1C(C(=O)O)C(C(=O)NC(C)C(Cc2ccc(Cl)c(Cl)c2)OC(=O)c2ccc3ccccc3c2)[C@H]1C(=O)O. The molecule has 1 aliphatic carbocycles. The van der Waals surface area contributed by atoms with E-state index < -0.39 is 65.6 Å². The van der Waals surface area contributed by atoms with E-state index in [0.717, 1.165) is 17.9 Å². The van der Waals surface area contributed by atoms with Crippen LogP contribution in [0.15, 0.2) is 60.7 Å². The number of methoxy groups -OCH3 is 1. The van der Waals surface area contributed by atoms with Crippen LogP contribution in [-0.4, -0.2) is 59.3 Å². The van der Waals surface area contributed by atoms with Crippen molar-refractivity contribution in [2.75, 3.05) is 7.11 Å². The number of carboxylic acids is 2. The summed E-state index contributed by atoms with van der Waals surface area (Å²) in [6.45, 7) is 1.54. The van der Waals surface area contributed by atoms with Crippen molar-refractivity contribution in [2.45, 2.75) is 25.5 Å². The second-order valence-corrected chi connectivity index (χ2v) is 10.9. The third kappa shape index (κ3) is 6.34. The molecule has 0 spiro atoms. The highest BCUT2D eigenvalue weighted by Crippen LogP contribution is 2.47. The van der Waals surface area contributed by atoms with Gasteiger partial charge in [0.05, 0.1) is 52.4 Å². The summed E-state index contributed by atoms with van der Waals surface area (Å²) in [6.07, 6.45) is -0.911. The highest BCUT2D eigenvalue weighted by atomic mass is 35.5. The molecule has 3 N–H and O–H groups in total. The summed E-state index contributed by atoms with van der Waals surface area (Å²) >= 11 is 12.2. The molecule has 1 aliphatic rings. The molecule has 0 radical (unpaired) electrons. The number of hydrogen-bond donors (Lipinski definition) is 3. The topological polar surface area (TPSA) is 156 Å². The van der Waals surface area contributed by atoms with Gasteiger partial charge in [-0.15, -0.1) is 0 Å². The Morgan fingerprint density at radius 2 is 1.48 bits per heavy atom. The van der Waals surface area contributed by atoms with Gasteiger partial charge in [0.2, 0.25) is 5.91 Å². The molecule has 42 heavy (non-hydrogen) atoms. The molecule has 1 saturated carbocycles. The molecule has 0 aromatic heterocycles. The third-order valence-electron chi connectivity index (χ3n) is 7.49. The zero-order valence-corrected chi connectivity index (χ0v) is 24.0. The molecular weight excluding hydrogens is 589 g/mol. The van der Waals surface area contributed by atoms with Gasteiger partial charge < -0.3 is 25.0 Å². The van der Waals surface area contributed by atoms with Crippen molar-refractivity contribution in [3.63, 3.8) is 0 Å². The number of hydrogen-bond acceptors (Lipinski definition) is 7. The Labute approximate surface area is 250 Å². The largest absolute Gasteiger partial charge is 0.481 e. The van der Waals surface area contributed by atoms with E-state index in [4.69, 9.17) is 27.9 Å². The maximum Gasteiger partial charge on any atom is 0.338 e. The molecule has 3 aromatic carbocycles. The van der Waals surface area contributed by atoms with Crippen molar-refractivity contribution in [2.24, 2.45) is 23.7 Å². The number of halogens is 2. The number of fused-ring (bicyclic) bond motifs is 1. The van der Waals surface area contributed by atoms with Crippen LogP contribution in [-0.2, 0) is 35.1 Å². The van der Waals surface area contributed by atoms with Gasteiger partial charge in [0, 0.05) is 6.42 Å². The fraction of sp³-hybridized carbons (Fsp3) is 0.300. The summed E-state index contributed by atoms with van der Waals surface area (Å²) < 4.78 is 10.4. The van der Waals surface area contributed by atoms with Gasteiger partial charge in [-0.25, -0.2) is 4.79 Å². The zero-order valence-electron chi connectivity index (χ0n) is 22.5. The molecule has 0 aliphatic heterocycles. The van der Waals surface area contributed by atoms with Crippen molar-refractivity contribution in [3.8, 4) is 0 Å². The van der Waals surface area contributed by atoms with Crippen molar-refractivity contribution < 1.29 is 43.7 Å². The Balaban J connectivity index is 1.59. The fourth-order valence-corrected chi connectivity index (χ4v) is 5.59. The van der Waals surface area contributed by atoms with E-state index in [1.54, 1.807) is 36.4 Å². The number of carbonyl (C=O) groups is 5. The molecule has 12 heteroatoms. The summed E-state index contributed by atoms with van der Waals surface area (Å²) in [6, 6.07) is 16.4. The zero-order chi connectivity index (χ0) is 30.7. The number of benzene rings is 3. The van der Waals surface area contributed by atoms with E-state index in [2.05, 4.69) is 10.1 Å². The average molecular weight is 616 g/mol. The summed E-state index contributed by atoms with van der Waals surface area (Å²) in [4.78, 5) is 62.6. The highest BCUT2D eigenvalue weighted by Gasteiger charge is 2.64. The maximum atomic E-state index is 13.3. The minimum Gasteiger partial charge on any atom is -0.481 e. The number of amides is 1. The summed E-state index contributed by atoms with van der Waals surface area (Å²) in [7, 11) is 1.01. The third-order valence-corrected chi connectivity index (χ3v) is 8.23. The number of carbonyl (C=O) groups excluding carboxylic acids is 3. The number of carboxylic acid groups (broad SMARTS) is 2. The summed E-state index contributed by atoms with van der Waals surface area (Å²) in [5.74, 6) is -12.0. The van der Waals surface area contributed by atoms with Gasteiger partial charge in [0.1, 0.15) is 6.10 Å². The maximum absolute atomic E-state index is 13.3. The first-order valence-electron chi connectivity index (χ1n) is 12.9. The molecule has 10 nitrogen and oxygen atoms in total. The minimum absolute atomic E-state index is 0.0812. The Bertz CT molecular complexity index is 1540. The molecule has 6 atom stereocenters. The van der Waals surface area contributed by atoms with E-state index in [9.17, 15) is 34.2 Å². The fourth-order valence-electron chi connectivity index (χ4n) is 5.27. The molecule has 1 fully saturated rings. The predicted octanol–water partition coefficient (Wildman–Crippen LogP) is 4.24. The second-order valence-electron chi connectivity index (χ2n) is 10.1. The van der Waals surface area contributed by atoms with Gasteiger partial charge in [-0.1, -0.05) is 59.6 Å². The Morgan fingerprint density at radius 1 is 0.833 bits per heavy atom. The van der Waals surface area contributed by atoms with Crippen LogP contribution in [0, 0.1) is 23.7 Å². The van der Waals surface area contributed by atoms with Gasteiger partial charge >= 0.3 is 23.9 Å². The van der Waals surface area contributed by atoms with Gasteiger partial charge in [0.15, 0.2) is 0 Å². The molecule has 0 heterocycles. The van der Waals surface area contributed by atoms with E-state index in [0.29, 0.717) is 10.6 Å². The molecule has 3 aromatic rings. The quantitative estimate of drug-likeness (QED) is 0.284. The lowest BCUT2D eigenvalue weighted by molar-refractivity contribution is -0.188. The summed E-state index contributed by atoms with van der Waals surface area (Å²) in [5.41, 5.74) is 0.895. The second kappa shape index (κ2) is 12.8.